The summed E-state index contributed by atoms with van der Waals surface area (Å²) in [7, 11) is 1.78. The highest BCUT2D eigenvalue weighted by Gasteiger charge is 2.19. The average molecular weight is 435 g/mol. The largest absolute Gasteiger partial charge is 0.453 e. The summed E-state index contributed by atoms with van der Waals surface area (Å²) in [5.41, 5.74) is 3.91. The molecule has 158 valence electrons. The van der Waals surface area contributed by atoms with E-state index in [1.165, 1.54) is 5.69 Å². The molecule has 6 nitrogen and oxygen atoms in total. The monoisotopic (exact) mass is 434 g/mol. The van der Waals surface area contributed by atoms with Crippen molar-refractivity contribution in [1.29, 1.82) is 0 Å². The Balaban J connectivity index is 1.67. The third-order valence-electron chi connectivity index (χ3n) is 5.77. The van der Waals surface area contributed by atoms with E-state index < -0.39 is 0 Å². The molecule has 2 N–H and O–H groups in total. The number of fused-ring (bicyclic) bond motifs is 2. The fraction of sp³-hybridized carbons (Fsp3) is 0.250. The Hall–Kier alpha value is -3.09. The van der Waals surface area contributed by atoms with Crippen LogP contribution >= 0.6 is 11.6 Å². The molecule has 31 heavy (non-hydrogen) atoms. The van der Waals surface area contributed by atoms with Crippen LogP contribution in [0.1, 0.15) is 6.92 Å². The molecule has 2 aromatic carbocycles. The van der Waals surface area contributed by atoms with Crippen molar-refractivity contribution in [3.05, 3.63) is 63.8 Å². The van der Waals surface area contributed by atoms with Crippen molar-refractivity contribution in [2.75, 3.05) is 36.9 Å². The number of pyridine rings is 1. The van der Waals surface area contributed by atoms with Gasteiger partial charge >= 0.3 is 0 Å². The number of anilines is 2. The summed E-state index contributed by atoms with van der Waals surface area (Å²) in [6.07, 6.45) is 0. The zero-order valence-corrected chi connectivity index (χ0v) is 18.2. The van der Waals surface area contributed by atoms with E-state index in [9.17, 15) is 4.79 Å². The minimum Gasteiger partial charge on any atom is -0.453 e. The smallest absolute Gasteiger partial charge is 0.220 e. The predicted molar refractivity (Wildman–Crippen MR) is 127 cm³/mol. The van der Waals surface area contributed by atoms with Gasteiger partial charge in [-0.1, -0.05) is 29.8 Å². The molecule has 1 aliphatic rings. The summed E-state index contributed by atoms with van der Waals surface area (Å²) < 4.78 is 6.16. The molecular weight excluding hydrogens is 412 g/mol. The van der Waals surface area contributed by atoms with Crippen LogP contribution in [-0.2, 0) is 0 Å². The van der Waals surface area contributed by atoms with Gasteiger partial charge in [0.1, 0.15) is 11.4 Å². The van der Waals surface area contributed by atoms with Gasteiger partial charge in [0.25, 0.3) is 0 Å². The highest BCUT2D eigenvalue weighted by atomic mass is 35.5. The molecule has 0 bridgehead atoms. The molecule has 1 fully saturated rings. The first-order valence-corrected chi connectivity index (χ1v) is 10.8. The van der Waals surface area contributed by atoms with Crippen molar-refractivity contribution in [2.45, 2.75) is 13.0 Å². The normalized spacial score (nSPS) is 16.7. The Morgan fingerprint density at radius 3 is 2.77 bits per heavy atom. The minimum absolute atomic E-state index is 0.230. The number of aromatic nitrogens is 1. The fourth-order valence-corrected chi connectivity index (χ4v) is 4.44. The maximum atomic E-state index is 13.2. The molecule has 0 amide bonds. The van der Waals surface area contributed by atoms with Gasteiger partial charge in [-0.2, -0.15) is 0 Å². The quantitative estimate of drug-likeness (QED) is 0.462. The van der Waals surface area contributed by atoms with Gasteiger partial charge in [-0.15, -0.1) is 0 Å². The van der Waals surface area contributed by atoms with Crippen molar-refractivity contribution in [3.63, 3.8) is 0 Å². The second kappa shape index (κ2) is 7.87. The number of nitrogens with zero attached hydrogens (tertiary/aromatic N) is 2. The lowest BCUT2D eigenvalue weighted by molar-refractivity contribution is 0.485. The zero-order valence-electron chi connectivity index (χ0n) is 17.4. The first-order valence-electron chi connectivity index (χ1n) is 10.4. The van der Waals surface area contributed by atoms with E-state index in [0.717, 1.165) is 30.8 Å². The second-order valence-corrected chi connectivity index (χ2v) is 8.28. The van der Waals surface area contributed by atoms with E-state index in [2.05, 4.69) is 51.7 Å². The highest BCUT2D eigenvalue weighted by Crippen LogP contribution is 2.33. The highest BCUT2D eigenvalue weighted by molar-refractivity contribution is 6.35. The number of halogens is 1. The Morgan fingerprint density at radius 2 is 2.03 bits per heavy atom. The van der Waals surface area contributed by atoms with Crippen LogP contribution in [0.3, 0.4) is 0 Å². The molecule has 2 aromatic heterocycles. The SMILES string of the molecule is CNc1cc(-c2ccc(N3CCN[C@@H](C)C3)cc2)c2oc3cccc(Cl)c3c(=O)c2n1. The molecule has 1 saturated heterocycles. The Morgan fingerprint density at radius 1 is 1.23 bits per heavy atom. The van der Waals surface area contributed by atoms with E-state index in [-0.39, 0.29) is 10.9 Å². The number of piperazine rings is 1. The van der Waals surface area contributed by atoms with Crippen LogP contribution in [0, 0.1) is 0 Å². The van der Waals surface area contributed by atoms with E-state index in [1.807, 2.05) is 6.07 Å². The molecule has 0 saturated carbocycles. The van der Waals surface area contributed by atoms with Gasteiger partial charge in [-0.05, 0) is 42.8 Å². The molecule has 0 unspecified atom stereocenters. The number of hydrogen-bond acceptors (Lipinski definition) is 6. The number of rotatable bonds is 3. The molecule has 4 aromatic rings. The minimum atomic E-state index is -0.230. The molecular formula is C24H23ClN4O2. The second-order valence-electron chi connectivity index (χ2n) is 7.88. The number of nitrogens with one attached hydrogen (secondary N) is 2. The van der Waals surface area contributed by atoms with Crippen LogP contribution in [0.4, 0.5) is 11.5 Å². The lowest BCUT2D eigenvalue weighted by Gasteiger charge is -2.33. The lowest BCUT2D eigenvalue weighted by Crippen LogP contribution is -2.49. The van der Waals surface area contributed by atoms with Crippen LogP contribution < -0.4 is 21.0 Å². The molecule has 0 radical (unpaired) electrons. The summed E-state index contributed by atoms with van der Waals surface area (Å²) in [6, 6.07) is 16.0. The van der Waals surface area contributed by atoms with Gasteiger partial charge in [-0.3, -0.25) is 4.79 Å². The third kappa shape index (κ3) is 3.52. The van der Waals surface area contributed by atoms with Gasteiger partial charge in [0.05, 0.1) is 10.4 Å². The summed E-state index contributed by atoms with van der Waals surface area (Å²) >= 11 is 6.28. The van der Waals surface area contributed by atoms with Crippen LogP contribution in [0.15, 0.2) is 57.7 Å². The average Bonchev–Trinajstić information content (AvgIpc) is 2.79. The predicted octanol–water partition coefficient (Wildman–Crippen LogP) is 4.50. The standard InChI is InChI=1S/C24H23ClN4O2/c1-14-13-29(11-10-27-14)16-8-6-15(7-9-16)17-12-20(26-2)28-22-23(30)21-18(25)4-3-5-19(21)31-24(17)22/h3-9,12,14,27H,10-11,13H2,1-2H3,(H,26,28)/t14-/m0/s1. The lowest BCUT2D eigenvalue weighted by atomic mass is 10.0. The summed E-state index contributed by atoms with van der Waals surface area (Å²) in [4.78, 5) is 20.1. The van der Waals surface area contributed by atoms with Crippen LogP contribution in [-0.4, -0.2) is 37.7 Å². The molecule has 0 spiro atoms. The first kappa shape index (κ1) is 19.8. The van der Waals surface area contributed by atoms with Crippen LogP contribution in [0.25, 0.3) is 33.2 Å². The molecule has 1 atom stereocenters. The summed E-state index contributed by atoms with van der Waals surface area (Å²) in [5.74, 6) is 0.598. The maximum Gasteiger partial charge on any atom is 0.220 e. The van der Waals surface area contributed by atoms with Gasteiger partial charge in [-0.25, -0.2) is 4.98 Å². The van der Waals surface area contributed by atoms with Gasteiger partial charge < -0.3 is 20.0 Å². The zero-order chi connectivity index (χ0) is 21.5. The van der Waals surface area contributed by atoms with Crippen molar-refractivity contribution < 1.29 is 4.42 Å². The van der Waals surface area contributed by atoms with Crippen LogP contribution in [0.2, 0.25) is 5.02 Å². The fourth-order valence-electron chi connectivity index (χ4n) is 4.19. The van der Waals surface area contributed by atoms with E-state index in [0.29, 0.717) is 33.4 Å². The van der Waals surface area contributed by atoms with E-state index in [1.54, 1.807) is 25.2 Å². The molecule has 3 heterocycles. The molecule has 7 heteroatoms. The van der Waals surface area contributed by atoms with E-state index in [4.69, 9.17) is 16.0 Å². The van der Waals surface area contributed by atoms with Gasteiger partial charge in [0.15, 0.2) is 11.1 Å². The number of hydrogen-bond donors (Lipinski definition) is 2. The number of benzene rings is 2. The van der Waals surface area contributed by atoms with E-state index >= 15 is 0 Å². The summed E-state index contributed by atoms with van der Waals surface area (Å²) in [6.45, 7) is 5.13. The van der Waals surface area contributed by atoms with Crippen molar-refractivity contribution in [2.24, 2.45) is 0 Å². The molecule has 5 rings (SSSR count). The van der Waals surface area contributed by atoms with Gasteiger partial charge in [0.2, 0.25) is 5.43 Å². The maximum absolute atomic E-state index is 13.2. The van der Waals surface area contributed by atoms with Crippen molar-refractivity contribution >= 4 is 45.2 Å². The Kier molecular flexibility index (Phi) is 5.04. The van der Waals surface area contributed by atoms with Crippen LogP contribution in [0.5, 0.6) is 0 Å². The third-order valence-corrected chi connectivity index (χ3v) is 6.09. The Bertz CT molecular complexity index is 1330. The Labute approximate surface area is 184 Å². The molecule has 1 aliphatic heterocycles. The molecule has 0 aliphatic carbocycles. The van der Waals surface area contributed by atoms with Gasteiger partial charge in [0, 0.05) is 44.0 Å². The topological polar surface area (TPSA) is 70.4 Å². The van der Waals surface area contributed by atoms with Crippen molar-refractivity contribution in [3.8, 4) is 11.1 Å². The first-order chi connectivity index (χ1) is 15.0. The van der Waals surface area contributed by atoms with Crippen molar-refractivity contribution in [1.82, 2.24) is 10.3 Å². The summed E-state index contributed by atoms with van der Waals surface area (Å²) in [5, 5.41) is 7.23.